The zero-order chi connectivity index (χ0) is 15.4. The van der Waals surface area contributed by atoms with Crippen LogP contribution in [0.3, 0.4) is 0 Å². The van der Waals surface area contributed by atoms with Gasteiger partial charge in [0.15, 0.2) is 0 Å². The smallest absolute Gasteiger partial charge is 0.123 e. The largest absolute Gasteiger partial charge is 0.389 e. The number of thiocarbonyl (C=S) groups is 1. The van der Waals surface area contributed by atoms with E-state index in [0.29, 0.717) is 11.5 Å². The first kappa shape index (κ1) is 15.4. The summed E-state index contributed by atoms with van der Waals surface area (Å²) in [6.07, 6.45) is 0. The molecule has 0 radical (unpaired) electrons. The van der Waals surface area contributed by atoms with Crippen molar-refractivity contribution < 1.29 is 4.39 Å². The summed E-state index contributed by atoms with van der Waals surface area (Å²) >= 11 is 5.06. The maximum atomic E-state index is 13.5. The summed E-state index contributed by atoms with van der Waals surface area (Å²) in [5.74, 6) is -0.272. The zero-order valence-corrected chi connectivity index (χ0v) is 13.1. The summed E-state index contributed by atoms with van der Waals surface area (Å²) in [5.41, 5.74) is 9.61. The Bertz CT molecular complexity index is 655. The normalized spacial score (nSPS) is 10.4. The number of aryl methyl sites for hydroxylation is 1. The van der Waals surface area contributed by atoms with Crippen LogP contribution in [0.1, 0.15) is 23.6 Å². The molecule has 4 heteroatoms. The Balaban J connectivity index is 2.37. The van der Waals surface area contributed by atoms with Gasteiger partial charge in [-0.05, 0) is 49.2 Å². The number of para-hydroxylation sites is 1. The minimum absolute atomic E-state index is 0.272. The van der Waals surface area contributed by atoms with Crippen molar-refractivity contribution in [2.24, 2.45) is 5.73 Å². The summed E-state index contributed by atoms with van der Waals surface area (Å²) in [7, 11) is 0. The average molecular weight is 302 g/mol. The lowest BCUT2D eigenvalue weighted by atomic mass is 10.1. The fourth-order valence-corrected chi connectivity index (χ4v) is 2.62. The highest BCUT2D eigenvalue weighted by Crippen LogP contribution is 2.23. The number of nitrogens with zero attached hydrogens (tertiary/aromatic N) is 1. The molecule has 0 atom stereocenters. The molecule has 2 rings (SSSR count). The van der Waals surface area contributed by atoms with E-state index in [2.05, 4.69) is 30.9 Å². The number of halogens is 1. The van der Waals surface area contributed by atoms with Gasteiger partial charge in [-0.1, -0.05) is 30.4 Å². The summed E-state index contributed by atoms with van der Waals surface area (Å²) in [6, 6.07) is 12.7. The lowest BCUT2D eigenvalue weighted by Crippen LogP contribution is -2.25. The molecule has 0 aromatic heterocycles. The maximum absolute atomic E-state index is 13.5. The highest BCUT2D eigenvalue weighted by molar-refractivity contribution is 7.80. The molecule has 0 amide bonds. The second-order valence-corrected chi connectivity index (χ2v) is 5.41. The van der Waals surface area contributed by atoms with E-state index < -0.39 is 0 Å². The van der Waals surface area contributed by atoms with Gasteiger partial charge in [-0.15, -0.1) is 0 Å². The van der Waals surface area contributed by atoms with Crippen molar-refractivity contribution in [3.8, 4) is 0 Å². The predicted molar refractivity (Wildman–Crippen MR) is 90.2 cm³/mol. The Hall–Kier alpha value is -1.94. The highest BCUT2D eigenvalue weighted by Gasteiger charge is 2.12. The van der Waals surface area contributed by atoms with Gasteiger partial charge in [-0.2, -0.15) is 0 Å². The number of anilines is 1. The van der Waals surface area contributed by atoms with Crippen molar-refractivity contribution in [2.45, 2.75) is 20.4 Å². The molecule has 0 heterocycles. The first-order valence-electron chi connectivity index (χ1n) is 6.91. The minimum atomic E-state index is -0.272. The molecule has 0 aliphatic rings. The molecule has 0 fully saturated rings. The number of benzene rings is 2. The summed E-state index contributed by atoms with van der Waals surface area (Å²) in [4.78, 5) is 2.48. The Morgan fingerprint density at radius 3 is 2.57 bits per heavy atom. The summed E-state index contributed by atoms with van der Waals surface area (Å²) < 4.78 is 13.5. The second kappa shape index (κ2) is 6.68. The first-order valence-corrected chi connectivity index (χ1v) is 7.32. The lowest BCUT2D eigenvalue weighted by molar-refractivity contribution is 0.624. The van der Waals surface area contributed by atoms with Crippen LogP contribution in [0, 0.1) is 12.7 Å². The van der Waals surface area contributed by atoms with E-state index >= 15 is 0 Å². The van der Waals surface area contributed by atoms with Gasteiger partial charge in [0.25, 0.3) is 0 Å². The molecule has 0 bridgehead atoms. The van der Waals surface area contributed by atoms with Gasteiger partial charge in [0, 0.05) is 24.3 Å². The van der Waals surface area contributed by atoms with Crippen LogP contribution < -0.4 is 10.6 Å². The summed E-state index contributed by atoms with van der Waals surface area (Å²) in [5, 5.41) is 0. The monoisotopic (exact) mass is 302 g/mol. The van der Waals surface area contributed by atoms with Crippen LogP contribution in [0.4, 0.5) is 10.1 Å². The third-order valence-corrected chi connectivity index (χ3v) is 3.75. The van der Waals surface area contributed by atoms with Gasteiger partial charge in [0.2, 0.25) is 0 Å². The van der Waals surface area contributed by atoms with E-state index in [-0.39, 0.29) is 5.82 Å². The van der Waals surface area contributed by atoms with E-state index in [1.165, 1.54) is 17.7 Å². The number of hydrogen-bond acceptors (Lipinski definition) is 2. The van der Waals surface area contributed by atoms with Crippen LogP contribution >= 0.6 is 12.2 Å². The van der Waals surface area contributed by atoms with Gasteiger partial charge in [0.05, 0.1) is 0 Å². The van der Waals surface area contributed by atoms with Crippen LogP contribution in [0.5, 0.6) is 0 Å². The molecule has 2 N–H and O–H groups in total. The highest BCUT2D eigenvalue weighted by atomic mass is 32.1. The Morgan fingerprint density at radius 1 is 1.24 bits per heavy atom. The van der Waals surface area contributed by atoms with Crippen LogP contribution in [0.15, 0.2) is 42.5 Å². The Morgan fingerprint density at radius 2 is 1.95 bits per heavy atom. The average Bonchev–Trinajstić information content (AvgIpc) is 2.45. The number of hydrogen-bond donors (Lipinski definition) is 1. The molecular weight excluding hydrogens is 283 g/mol. The van der Waals surface area contributed by atoms with E-state index in [1.54, 1.807) is 6.07 Å². The van der Waals surface area contributed by atoms with E-state index in [9.17, 15) is 4.39 Å². The molecule has 0 saturated heterocycles. The lowest BCUT2D eigenvalue weighted by Gasteiger charge is -2.26. The predicted octanol–water partition coefficient (Wildman–Crippen LogP) is 3.79. The molecule has 0 unspecified atom stereocenters. The molecule has 0 spiro atoms. The van der Waals surface area contributed by atoms with E-state index in [0.717, 1.165) is 23.4 Å². The Labute approximate surface area is 130 Å². The fraction of sp³-hybridized carbons (Fsp3) is 0.235. The number of rotatable bonds is 5. The zero-order valence-electron chi connectivity index (χ0n) is 12.3. The molecule has 2 nitrogen and oxygen atoms in total. The van der Waals surface area contributed by atoms with Crippen molar-refractivity contribution in [1.29, 1.82) is 0 Å². The topological polar surface area (TPSA) is 29.3 Å². The van der Waals surface area contributed by atoms with Crippen LogP contribution in [0.25, 0.3) is 0 Å². The van der Waals surface area contributed by atoms with Gasteiger partial charge in [-0.3, -0.25) is 0 Å². The van der Waals surface area contributed by atoms with Gasteiger partial charge in [-0.25, -0.2) is 4.39 Å². The van der Waals surface area contributed by atoms with E-state index in [4.69, 9.17) is 18.0 Å². The molecule has 0 saturated carbocycles. The quantitative estimate of drug-likeness (QED) is 0.852. The summed E-state index contributed by atoms with van der Waals surface area (Å²) in [6.45, 7) is 5.54. The van der Waals surface area contributed by atoms with Crippen molar-refractivity contribution >= 4 is 22.9 Å². The minimum Gasteiger partial charge on any atom is -0.389 e. The third-order valence-electron chi connectivity index (χ3n) is 3.53. The maximum Gasteiger partial charge on any atom is 0.123 e. The van der Waals surface area contributed by atoms with Gasteiger partial charge >= 0.3 is 0 Å². The second-order valence-electron chi connectivity index (χ2n) is 4.97. The molecule has 21 heavy (non-hydrogen) atoms. The van der Waals surface area contributed by atoms with E-state index in [1.807, 2.05) is 12.1 Å². The SMILES string of the molecule is CCN(Cc1cc(F)ccc1C(N)=S)c1ccccc1C. The molecular formula is C17H19FN2S. The third kappa shape index (κ3) is 3.58. The molecule has 0 aliphatic carbocycles. The van der Waals surface area contributed by atoms with Gasteiger partial charge < -0.3 is 10.6 Å². The van der Waals surface area contributed by atoms with Crippen molar-refractivity contribution in [3.05, 3.63) is 65.0 Å². The van der Waals surface area contributed by atoms with Crippen molar-refractivity contribution in [3.63, 3.8) is 0 Å². The van der Waals surface area contributed by atoms with Crippen molar-refractivity contribution in [2.75, 3.05) is 11.4 Å². The molecule has 0 aliphatic heterocycles. The van der Waals surface area contributed by atoms with Gasteiger partial charge in [0.1, 0.15) is 10.8 Å². The first-order chi connectivity index (χ1) is 10.0. The standard InChI is InChI=1S/C17H19FN2S/c1-3-20(16-7-5-4-6-12(16)2)11-13-10-14(18)8-9-15(13)17(19)21/h4-10H,3,11H2,1-2H3,(H2,19,21). The molecule has 2 aromatic carbocycles. The fourth-order valence-electron chi connectivity index (χ4n) is 2.42. The van der Waals surface area contributed by atoms with Crippen LogP contribution in [-0.4, -0.2) is 11.5 Å². The molecule has 110 valence electrons. The van der Waals surface area contributed by atoms with Crippen LogP contribution in [0.2, 0.25) is 0 Å². The molecule has 2 aromatic rings. The number of nitrogens with two attached hydrogens (primary N) is 1. The van der Waals surface area contributed by atoms with Crippen molar-refractivity contribution in [1.82, 2.24) is 0 Å². The Kier molecular flexibility index (Phi) is 4.91. The van der Waals surface area contributed by atoms with Crippen LogP contribution in [-0.2, 0) is 6.54 Å².